The number of thioether (sulfide) groups is 1. The maximum Gasteiger partial charge on any atom is 0.376 e. The summed E-state index contributed by atoms with van der Waals surface area (Å²) in [5, 5.41) is 6.56. The molecule has 8 heteroatoms. The summed E-state index contributed by atoms with van der Waals surface area (Å²) in [7, 11) is 1.36. The Morgan fingerprint density at radius 1 is 1.15 bits per heavy atom. The number of aromatic nitrogens is 4. The summed E-state index contributed by atoms with van der Waals surface area (Å²) < 4.78 is 6.88. The molecule has 2 fully saturated rings. The fraction of sp³-hybridized carbons (Fsp3) is 0.684. The zero-order valence-corrected chi connectivity index (χ0v) is 17.7. The highest BCUT2D eigenvalue weighted by Gasteiger charge is 2.37. The van der Waals surface area contributed by atoms with E-state index >= 15 is 0 Å². The van der Waals surface area contributed by atoms with Gasteiger partial charge < -0.3 is 4.74 Å². The summed E-state index contributed by atoms with van der Waals surface area (Å²) in [5.41, 5.74) is 1.68. The van der Waals surface area contributed by atoms with Crippen molar-refractivity contribution in [2.24, 2.45) is 0 Å². The molecular weight excluding hydrogens is 362 g/mol. The van der Waals surface area contributed by atoms with Gasteiger partial charge in [-0.2, -0.15) is 5.10 Å². The number of hydrogen-bond donors (Lipinski definition) is 0. The lowest BCUT2D eigenvalue weighted by Gasteiger charge is -2.39. The molecule has 2 aromatic rings. The van der Waals surface area contributed by atoms with Crippen molar-refractivity contribution in [1.29, 1.82) is 0 Å². The summed E-state index contributed by atoms with van der Waals surface area (Å²) in [4.78, 5) is 23.5. The molecular formula is C19H29N5O2S. The number of likely N-dealkylation sites (tertiary alicyclic amines) is 1. The van der Waals surface area contributed by atoms with Crippen LogP contribution in [0.25, 0.3) is 11.0 Å². The van der Waals surface area contributed by atoms with E-state index in [0.717, 1.165) is 28.2 Å². The van der Waals surface area contributed by atoms with Gasteiger partial charge in [0.1, 0.15) is 5.03 Å². The molecule has 0 radical (unpaired) electrons. The smallest absolute Gasteiger partial charge is 0.376 e. The number of hydrogen-bond acceptors (Lipinski definition) is 7. The van der Waals surface area contributed by atoms with E-state index in [4.69, 9.17) is 9.84 Å². The van der Waals surface area contributed by atoms with Crippen LogP contribution in [0.4, 0.5) is 0 Å². The van der Waals surface area contributed by atoms with Crippen LogP contribution in [0.2, 0.25) is 0 Å². The van der Waals surface area contributed by atoms with Crippen molar-refractivity contribution in [3.8, 4) is 0 Å². The molecule has 2 atom stereocenters. The van der Waals surface area contributed by atoms with E-state index in [9.17, 15) is 4.79 Å². The monoisotopic (exact) mass is 391 g/mol. The number of fused-ring (bicyclic) bond motifs is 1. The molecule has 0 N–H and O–H groups in total. The van der Waals surface area contributed by atoms with Gasteiger partial charge in [0, 0.05) is 6.04 Å². The van der Waals surface area contributed by atoms with Crippen molar-refractivity contribution in [3.05, 3.63) is 11.5 Å². The van der Waals surface area contributed by atoms with Crippen LogP contribution in [0.3, 0.4) is 0 Å². The SMILES string of the molecule is CC.COC(=O)c1nc(SC)c2c(C)nn(C3CCCC3N3CCC3)c2n1. The second-order valence-corrected chi connectivity index (χ2v) is 7.53. The van der Waals surface area contributed by atoms with Gasteiger partial charge in [0.15, 0.2) is 5.65 Å². The summed E-state index contributed by atoms with van der Waals surface area (Å²) in [6, 6.07) is 0.831. The van der Waals surface area contributed by atoms with Crippen LogP contribution < -0.4 is 0 Å². The molecule has 1 aliphatic heterocycles. The number of nitrogens with zero attached hydrogens (tertiary/aromatic N) is 5. The molecule has 148 valence electrons. The molecule has 2 unspecified atom stereocenters. The minimum atomic E-state index is -0.506. The number of carbonyl (C=O) groups excluding carboxylic acids is 1. The van der Waals surface area contributed by atoms with Gasteiger partial charge in [0.25, 0.3) is 0 Å². The number of aryl methyl sites for hydroxylation is 1. The van der Waals surface area contributed by atoms with Gasteiger partial charge in [0.05, 0.1) is 24.2 Å². The average molecular weight is 392 g/mol. The van der Waals surface area contributed by atoms with Gasteiger partial charge in [-0.15, -0.1) is 11.8 Å². The van der Waals surface area contributed by atoms with Crippen LogP contribution in [0.1, 0.15) is 61.9 Å². The van der Waals surface area contributed by atoms with Crippen molar-refractivity contribution in [2.45, 2.75) is 63.6 Å². The zero-order chi connectivity index (χ0) is 19.6. The molecule has 0 spiro atoms. The van der Waals surface area contributed by atoms with E-state index in [-0.39, 0.29) is 5.82 Å². The van der Waals surface area contributed by atoms with E-state index in [0.29, 0.717) is 12.1 Å². The van der Waals surface area contributed by atoms with Gasteiger partial charge in [-0.05, 0) is 52.0 Å². The van der Waals surface area contributed by atoms with Crippen molar-refractivity contribution in [3.63, 3.8) is 0 Å². The Kier molecular flexibility index (Phi) is 6.37. The molecule has 0 amide bonds. The average Bonchev–Trinajstić information content (AvgIpc) is 3.25. The number of methoxy groups -OCH3 is 1. The first-order valence-electron chi connectivity index (χ1n) is 9.77. The lowest BCUT2D eigenvalue weighted by atomic mass is 10.1. The van der Waals surface area contributed by atoms with Crippen LogP contribution in [0.5, 0.6) is 0 Å². The number of carbonyl (C=O) groups is 1. The molecule has 4 rings (SSSR count). The molecule has 3 heterocycles. The number of ether oxygens (including phenoxy) is 1. The van der Waals surface area contributed by atoms with Crippen molar-refractivity contribution in [1.82, 2.24) is 24.6 Å². The zero-order valence-electron chi connectivity index (χ0n) is 16.9. The van der Waals surface area contributed by atoms with Crippen LogP contribution in [0, 0.1) is 6.92 Å². The Morgan fingerprint density at radius 2 is 1.85 bits per heavy atom. The highest BCUT2D eigenvalue weighted by atomic mass is 32.2. The molecule has 0 bridgehead atoms. The first kappa shape index (κ1) is 20.1. The molecule has 1 saturated carbocycles. The van der Waals surface area contributed by atoms with E-state index in [1.165, 1.54) is 51.2 Å². The first-order chi connectivity index (χ1) is 13.1. The molecule has 0 aromatic carbocycles. The minimum Gasteiger partial charge on any atom is -0.463 e. The Bertz CT molecular complexity index is 818. The second-order valence-electron chi connectivity index (χ2n) is 6.73. The van der Waals surface area contributed by atoms with E-state index < -0.39 is 5.97 Å². The maximum absolute atomic E-state index is 12.0. The Morgan fingerprint density at radius 3 is 2.44 bits per heavy atom. The summed E-state index contributed by atoms with van der Waals surface area (Å²) >= 11 is 1.51. The third kappa shape index (κ3) is 3.57. The predicted octanol–water partition coefficient (Wildman–Crippen LogP) is 3.47. The lowest BCUT2D eigenvalue weighted by Crippen LogP contribution is -2.47. The lowest BCUT2D eigenvalue weighted by molar-refractivity contribution is 0.0586. The van der Waals surface area contributed by atoms with Crippen molar-refractivity contribution < 1.29 is 9.53 Å². The largest absolute Gasteiger partial charge is 0.463 e. The van der Waals surface area contributed by atoms with Crippen LogP contribution in [0.15, 0.2) is 5.03 Å². The number of rotatable bonds is 4. The summed E-state index contributed by atoms with van der Waals surface area (Å²) in [5.74, 6) is -0.396. The highest BCUT2D eigenvalue weighted by Crippen LogP contribution is 2.38. The molecule has 2 aromatic heterocycles. The van der Waals surface area contributed by atoms with E-state index in [1.807, 2.05) is 27.0 Å². The molecule has 1 aliphatic carbocycles. The molecule has 1 saturated heterocycles. The molecule has 7 nitrogen and oxygen atoms in total. The van der Waals surface area contributed by atoms with E-state index in [1.54, 1.807) is 0 Å². The van der Waals surface area contributed by atoms with Gasteiger partial charge >= 0.3 is 5.97 Å². The molecule has 27 heavy (non-hydrogen) atoms. The van der Waals surface area contributed by atoms with Gasteiger partial charge in [-0.1, -0.05) is 13.8 Å². The van der Waals surface area contributed by atoms with Crippen LogP contribution in [-0.2, 0) is 4.74 Å². The Hall–Kier alpha value is -1.67. The summed E-state index contributed by atoms with van der Waals surface area (Å²) in [6.07, 6.45) is 6.75. The van der Waals surface area contributed by atoms with Gasteiger partial charge in [0.2, 0.25) is 5.82 Å². The topological polar surface area (TPSA) is 73.1 Å². The van der Waals surface area contributed by atoms with Crippen molar-refractivity contribution >= 4 is 28.8 Å². The van der Waals surface area contributed by atoms with Crippen molar-refractivity contribution in [2.75, 3.05) is 26.5 Å². The quantitative estimate of drug-likeness (QED) is 0.449. The number of esters is 1. The maximum atomic E-state index is 12.0. The summed E-state index contributed by atoms with van der Waals surface area (Å²) in [6.45, 7) is 8.35. The van der Waals surface area contributed by atoms with Crippen LogP contribution in [-0.4, -0.2) is 63.1 Å². The highest BCUT2D eigenvalue weighted by molar-refractivity contribution is 7.98. The normalized spacial score (nSPS) is 22.3. The fourth-order valence-electron chi connectivity index (χ4n) is 4.04. The van der Waals surface area contributed by atoms with Gasteiger partial charge in [-0.3, -0.25) is 4.90 Å². The second kappa shape index (κ2) is 8.56. The molecule has 2 aliphatic rings. The Balaban J connectivity index is 0.00000102. The van der Waals surface area contributed by atoms with Crippen LogP contribution >= 0.6 is 11.8 Å². The van der Waals surface area contributed by atoms with Gasteiger partial charge in [-0.25, -0.2) is 19.4 Å². The minimum absolute atomic E-state index is 0.110. The van der Waals surface area contributed by atoms with E-state index in [2.05, 4.69) is 19.5 Å². The third-order valence-electron chi connectivity index (χ3n) is 5.37. The third-order valence-corrected chi connectivity index (χ3v) is 6.05. The fourth-order valence-corrected chi connectivity index (χ4v) is 4.66. The predicted molar refractivity (Wildman–Crippen MR) is 107 cm³/mol. The Labute approximate surface area is 164 Å². The standard InChI is InChI=1S/C17H23N5O2S.C2H6/c1-10-13-15(18-14(17(23)24-2)19-16(13)25-3)22(20-10)12-7-4-6-11(12)21-8-5-9-21;1-2/h11-12H,4-9H2,1-3H3;1-2H3. The first-order valence-corrected chi connectivity index (χ1v) is 11.0.